The number of rotatable bonds is 5. The van der Waals surface area contributed by atoms with E-state index in [9.17, 15) is 9.59 Å². The van der Waals surface area contributed by atoms with Crippen molar-refractivity contribution in [2.75, 3.05) is 10.6 Å². The molecule has 0 spiro atoms. The van der Waals surface area contributed by atoms with Gasteiger partial charge in [-0.3, -0.25) is 20.2 Å². The van der Waals surface area contributed by atoms with E-state index in [4.69, 9.17) is 11.6 Å². The van der Waals surface area contributed by atoms with Crippen molar-refractivity contribution < 1.29 is 9.59 Å². The van der Waals surface area contributed by atoms with Crippen LogP contribution < -0.4 is 10.6 Å². The molecule has 2 heterocycles. The zero-order chi connectivity index (χ0) is 19.5. The molecule has 28 heavy (non-hydrogen) atoms. The maximum absolute atomic E-state index is 12.2. The van der Waals surface area contributed by atoms with E-state index >= 15 is 0 Å². The second kappa shape index (κ2) is 7.82. The molecule has 1 atom stereocenters. The number of aromatic nitrogens is 3. The molecule has 7 nitrogen and oxygen atoms in total. The summed E-state index contributed by atoms with van der Waals surface area (Å²) in [5.74, 6) is 0.159. The van der Waals surface area contributed by atoms with Gasteiger partial charge < -0.3 is 0 Å². The molecule has 0 saturated heterocycles. The fourth-order valence-corrected chi connectivity index (χ4v) is 3.28. The number of carbonyl (C=O) groups is 2. The summed E-state index contributed by atoms with van der Waals surface area (Å²) in [6.45, 7) is 0. The van der Waals surface area contributed by atoms with Crippen molar-refractivity contribution in [1.29, 1.82) is 0 Å². The lowest BCUT2D eigenvalue weighted by Crippen LogP contribution is -2.29. The quantitative estimate of drug-likeness (QED) is 0.692. The largest absolute Gasteiger partial charge is 0.295 e. The number of fused-ring (bicyclic) bond motifs is 1. The van der Waals surface area contributed by atoms with Gasteiger partial charge in [0.25, 0.3) is 5.95 Å². The van der Waals surface area contributed by atoms with Crippen LogP contribution in [0.15, 0.2) is 54.6 Å². The van der Waals surface area contributed by atoms with Crippen LogP contribution in [-0.4, -0.2) is 26.6 Å². The van der Waals surface area contributed by atoms with Gasteiger partial charge in [-0.1, -0.05) is 54.1 Å². The number of aryl methyl sites for hydroxylation is 1. The Morgan fingerprint density at radius 3 is 2.68 bits per heavy atom. The van der Waals surface area contributed by atoms with Gasteiger partial charge in [0, 0.05) is 11.4 Å². The molecule has 2 aromatic carbocycles. The minimum absolute atomic E-state index is 0.151. The average molecular weight is 396 g/mol. The molecular weight excluding hydrogens is 378 g/mol. The van der Waals surface area contributed by atoms with Gasteiger partial charge in [0.15, 0.2) is 0 Å². The zero-order valence-electron chi connectivity index (χ0n) is 14.9. The summed E-state index contributed by atoms with van der Waals surface area (Å²) in [5, 5.41) is 10.4. The second-order valence-electron chi connectivity index (χ2n) is 6.56. The summed E-state index contributed by atoms with van der Waals surface area (Å²) in [4.78, 5) is 28.6. The fourth-order valence-electron chi connectivity index (χ4n) is 3.15. The first kappa shape index (κ1) is 18.2. The van der Waals surface area contributed by atoms with E-state index in [0.717, 1.165) is 11.1 Å². The van der Waals surface area contributed by atoms with Crippen molar-refractivity contribution in [1.82, 2.24) is 14.8 Å². The van der Waals surface area contributed by atoms with E-state index in [-0.39, 0.29) is 30.2 Å². The first-order valence-corrected chi connectivity index (χ1v) is 9.32. The SMILES string of the molecule is O=C(CCc1ccccc1)Nc1nc2n(n1)[C@@H](c1ccc(Cl)cc1)CC(=O)N2. The van der Waals surface area contributed by atoms with Crippen LogP contribution in [0.4, 0.5) is 11.9 Å². The van der Waals surface area contributed by atoms with Crippen LogP contribution in [0.25, 0.3) is 0 Å². The minimum Gasteiger partial charge on any atom is -0.295 e. The van der Waals surface area contributed by atoms with E-state index in [2.05, 4.69) is 20.7 Å². The lowest BCUT2D eigenvalue weighted by molar-refractivity contribution is -0.117. The maximum atomic E-state index is 12.2. The van der Waals surface area contributed by atoms with E-state index in [1.54, 1.807) is 16.8 Å². The number of carbonyl (C=O) groups excluding carboxylic acids is 2. The van der Waals surface area contributed by atoms with Gasteiger partial charge in [0.05, 0.1) is 12.5 Å². The van der Waals surface area contributed by atoms with Gasteiger partial charge in [-0.25, -0.2) is 4.68 Å². The van der Waals surface area contributed by atoms with E-state index < -0.39 is 0 Å². The van der Waals surface area contributed by atoms with Crippen molar-refractivity contribution in [2.24, 2.45) is 0 Å². The molecule has 8 heteroatoms. The standard InChI is InChI=1S/C20H18ClN5O2/c21-15-9-7-14(8-10-15)16-12-18(28)23-20-24-19(25-26(16)20)22-17(27)11-6-13-4-2-1-3-5-13/h1-5,7-10,16H,6,11-12H2,(H2,22,23,24,25,27,28)/t16-/m1/s1. The maximum Gasteiger partial charge on any atom is 0.250 e. The van der Waals surface area contributed by atoms with Crippen molar-refractivity contribution in [3.05, 3.63) is 70.7 Å². The van der Waals surface area contributed by atoms with Gasteiger partial charge in [-0.2, -0.15) is 4.98 Å². The van der Waals surface area contributed by atoms with Gasteiger partial charge in [0.1, 0.15) is 0 Å². The monoisotopic (exact) mass is 395 g/mol. The number of hydrogen-bond donors (Lipinski definition) is 2. The molecule has 0 aliphatic carbocycles. The molecule has 4 rings (SSSR count). The molecule has 1 aliphatic heterocycles. The Balaban J connectivity index is 1.48. The van der Waals surface area contributed by atoms with Crippen LogP contribution in [0.3, 0.4) is 0 Å². The second-order valence-corrected chi connectivity index (χ2v) is 6.99. The number of hydrogen-bond acceptors (Lipinski definition) is 4. The zero-order valence-corrected chi connectivity index (χ0v) is 15.7. The smallest absolute Gasteiger partial charge is 0.250 e. The molecule has 2 N–H and O–H groups in total. The molecule has 0 radical (unpaired) electrons. The highest BCUT2D eigenvalue weighted by Crippen LogP contribution is 2.30. The minimum atomic E-state index is -0.302. The molecule has 0 fully saturated rings. The summed E-state index contributed by atoms with van der Waals surface area (Å²) >= 11 is 5.95. The normalized spacial score (nSPS) is 15.6. The van der Waals surface area contributed by atoms with Gasteiger partial charge >= 0.3 is 0 Å². The molecule has 0 saturated carbocycles. The van der Waals surface area contributed by atoms with Crippen LogP contribution >= 0.6 is 11.6 Å². The van der Waals surface area contributed by atoms with Crippen molar-refractivity contribution in [3.8, 4) is 0 Å². The summed E-state index contributed by atoms with van der Waals surface area (Å²) in [7, 11) is 0. The summed E-state index contributed by atoms with van der Waals surface area (Å²) in [6.07, 6.45) is 1.19. The topological polar surface area (TPSA) is 88.9 Å². The summed E-state index contributed by atoms with van der Waals surface area (Å²) in [5.41, 5.74) is 1.98. The third kappa shape index (κ3) is 4.04. The molecule has 0 unspecified atom stereocenters. The Labute approximate surface area is 166 Å². The van der Waals surface area contributed by atoms with Crippen LogP contribution in [0, 0.1) is 0 Å². The van der Waals surface area contributed by atoms with Crippen LogP contribution in [0.5, 0.6) is 0 Å². The molecule has 1 aliphatic rings. The summed E-state index contributed by atoms with van der Waals surface area (Å²) < 4.78 is 1.62. The molecular formula is C20H18ClN5O2. The third-order valence-electron chi connectivity index (χ3n) is 4.55. The fraction of sp³-hybridized carbons (Fsp3) is 0.200. The van der Waals surface area contributed by atoms with Crippen molar-refractivity contribution >= 4 is 35.3 Å². The highest BCUT2D eigenvalue weighted by Gasteiger charge is 2.29. The number of amides is 2. The Morgan fingerprint density at radius 1 is 1.18 bits per heavy atom. The molecule has 0 bridgehead atoms. The Hall–Kier alpha value is -3.19. The Bertz CT molecular complexity index is 1000. The van der Waals surface area contributed by atoms with Crippen molar-refractivity contribution in [3.63, 3.8) is 0 Å². The predicted octanol–water partition coefficient (Wildman–Crippen LogP) is 3.43. The predicted molar refractivity (Wildman–Crippen MR) is 106 cm³/mol. The molecule has 142 valence electrons. The first-order chi connectivity index (χ1) is 13.6. The average Bonchev–Trinajstić information content (AvgIpc) is 3.09. The van der Waals surface area contributed by atoms with Gasteiger partial charge in [-0.15, -0.1) is 5.10 Å². The molecule has 2 amide bonds. The van der Waals surface area contributed by atoms with Gasteiger partial charge in [-0.05, 0) is 29.7 Å². The highest BCUT2D eigenvalue weighted by molar-refractivity contribution is 6.30. The van der Waals surface area contributed by atoms with Crippen LogP contribution in [0.1, 0.15) is 30.0 Å². The summed E-state index contributed by atoms with van der Waals surface area (Å²) in [6, 6.07) is 16.7. The van der Waals surface area contributed by atoms with E-state index in [1.807, 2.05) is 42.5 Å². The van der Waals surface area contributed by atoms with Crippen molar-refractivity contribution in [2.45, 2.75) is 25.3 Å². The Morgan fingerprint density at radius 2 is 1.93 bits per heavy atom. The third-order valence-corrected chi connectivity index (χ3v) is 4.80. The Kier molecular flexibility index (Phi) is 5.08. The lowest BCUT2D eigenvalue weighted by Gasteiger charge is -2.23. The number of halogens is 1. The highest BCUT2D eigenvalue weighted by atomic mass is 35.5. The molecule has 3 aromatic rings. The van der Waals surface area contributed by atoms with Crippen LogP contribution in [-0.2, 0) is 16.0 Å². The van der Waals surface area contributed by atoms with E-state index in [0.29, 0.717) is 23.8 Å². The van der Waals surface area contributed by atoms with E-state index in [1.165, 1.54) is 0 Å². The number of nitrogens with zero attached hydrogens (tertiary/aromatic N) is 3. The van der Waals surface area contributed by atoms with Crippen LogP contribution in [0.2, 0.25) is 5.02 Å². The molecule has 1 aromatic heterocycles. The lowest BCUT2D eigenvalue weighted by atomic mass is 10.0. The first-order valence-electron chi connectivity index (χ1n) is 8.94. The number of benzene rings is 2. The van der Waals surface area contributed by atoms with Gasteiger partial charge in [0.2, 0.25) is 17.8 Å². The number of anilines is 2. The number of nitrogens with one attached hydrogen (secondary N) is 2.